The van der Waals surface area contributed by atoms with Gasteiger partial charge >= 0.3 is 0 Å². The number of pyridine rings is 1. The molecule has 0 aromatic carbocycles. The van der Waals surface area contributed by atoms with Crippen molar-refractivity contribution < 1.29 is 0 Å². The fourth-order valence-corrected chi connectivity index (χ4v) is 1.20. The van der Waals surface area contributed by atoms with Crippen LogP contribution in [-0.4, -0.2) is 15.0 Å². The van der Waals surface area contributed by atoms with E-state index in [-0.39, 0.29) is 0 Å². The van der Waals surface area contributed by atoms with E-state index in [1.165, 1.54) is 0 Å². The number of aromatic nitrogens is 3. The summed E-state index contributed by atoms with van der Waals surface area (Å²) in [5.41, 5.74) is 1.65. The van der Waals surface area contributed by atoms with Crippen LogP contribution >= 0.6 is 12.2 Å². The van der Waals surface area contributed by atoms with Crippen LogP contribution in [0.1, 0.15) is 0 Å². The molecule has 0 radical (unpaired) electrons. The van der Waals surface area contributed by atoms with Crippen LogP contribution in [0, 0.1) is 11.3 Å². The largest absolute Gasteiger partial charge is 0.361 e. The first-order valence-electron chi connectivity index (χ1n) is 3.25. The number of fused-ring (bicyclic) bond motifs is 1. The molecule has 0 atom stereocenters. The van der Waals surface area contributed by atoms with E-state index in [4.69, 9.17) is 18.8 Å². The monoisotopic (exact) mass is 176 g/mol. The van der Waals surface area contributed by atoms with Crippen molar-refractivity contribution in [1.29, 1.82) is 0 Å². The minimum Gasteiger partial charge on any atom is -0.361 e. The molecule has 4 nitrogen and oxygen atoms in total. The van der Waals surface area contributed by atoms with Gasteiger partial charge in [-0.2, -0.15) is 0 Å². The molecule has 0 aliphatic carbocycles. The highest BCUT2D eigenvalue weighted by Gasteiger charge is 1.99. The maximum Gasteiger partial charge on any atom is 0.271 e. The number of imidazole rings is 1. The molecule has 0 aliphatic heterocycles. The van der Waals surface area contributed by atoms with Gasteiger partial charge in [0.25, 0.3) is 5.82 Å². The van der Waals surface area contributed by atoms with Crippen molar-refractivity contribution in [2.24, 2.45) is 0 Å². The molecule has 0 unspecified atom stereocenters. The number of nitrogens with one attached hydrogen (secondary N) is 2. The minimum atomic E-state index is 0.368. The van der Waals surface area contributed by atoms with Crippen LogP contribution in [0.3, 0.4) is 0 Å². The summed E-state index contributed by atoms with van der Waals surface area (Å²) in [6.45, 7) is 6.74. The molecule has 0 amide bonds. The molecular weight excluding hydrogens is 172 g/mol. The van der Waals surface area contributed by atoms with Gasteiger partial charge in [-0.25, -0.2) is 0 Å². The third-order valence-electron chi connectivity index (χ3n) is 1.50. The lowest BCUT2D eigenvalue weighted by Crippen LogP contribution is -1.72. The second-order valence-corrected chi connectivity index (χ2v) is 2.69. The molecule has 0 aliphatic rings. The van der Waals surface area contributed by atoms with Crippen LogP contribution in [-0.2, 0) is 0 Å². The third kappa shape index (κ3) is 0.984. The van der Waals surface area contributed by atoms with E-state index in [2.05, 4.69) is 19.8 Å². The zero-order valence-corrected chi connectivity index (χ0v) is 6.77. The summed E-state index contributed by atoms with van der Waals surface area (Å²) < 4.78 is 0.550. The average Bonchev–Trinajstić information content (AvgIpc) is 2.43. The van der Waals surface area contributed by atoms with Crippen molar-refractivity contribution in [1.82, 2.24) is 15.0 Å². The van der Waals surface area contributed by atoms with Crippen LogP contribution in [0.25, 0.3) is 15.9 Å². The molecule has 12 heavy (non-hydrogen) atoms. The molecule has 2 aromatic heterocycles. The Bertz CT molecular complexity index is 516. The average molecular weight is 176 g/mol. The lowest BCUT2D eigenvalue weighted by molar-refractivity contribution is 1.29. The van der Waals surface area contributed by atoms with Crippen molar-refractivity contribution >= 4 is 29.1 Å². The maximum atomic E-state index is 6.74. The van der Waals surface area contributed by atoms with Gasteiger partial charge in [0.1, 0.15) is 11.7 Å². The predicted molar refractivity (Wildman–Crippen MR) is 47.5 cm³/mol. The van der Waals surface area contributed by atoms with Crippen LogP contribution < -0.4 is 0 Å². The van der Waals surface area contributed by atoms with Crippen molar-refractivity contribution in [3.8, 4) is 0 Å². The highest BCUT2D eigenvalue weighted by atomic mass is 32.1. The highest BCUT2D eigenvalue weighted by Crippen LogP contribution is 2.14. The highest BCUT2D eigenvalue weighted by molar-refractivity contribution is 7.71. The van der Waals surface area contributed by atoms with Gasteiger partial charge in [0.15, 0.2) is 4.77 Å². The number of hydrogen-bond acceptors (Lipinski definition) is 2. The van der Waals surface area contributed by atoms with E-state index in [0.717, 1.165) is 11.0 Å². The second-order valence-electron chi connectivity index (χ2n) is 2.28. The van der Waals surface area contributed by atoms with Gasteiger partial charge in [0.05, 0.1) is 5.52 Å². The van der Waals surface area contributed by atoms with Gasteiger partial charge in [-0.1, -0.05) is 6.57 Å². The smallest absolute Gasteiger partial charge is 0.271 e. The van der Waals surface area contributed by atoms with Crippen molar-refractivity contribution in [2.45, 2.75) is 0 Å². The Balaban J connectivity index is 2.85. The SMILES string of the molecule is [C-]#[N+]c1cc2[nH]c(=S)[nH]c2cn1. The van der Waals surface area contributed by atoms with Crippen LogP contribution in [0.2, 0.25) is 0 Å². The van der Waals surface area contributed by atoms with E-state index >= 15 is 0 Å². The van der Waals surface area contributed by atoms with E-state index in [1.807, 2.05) is 0 Å². The van der Waals surface area contributed by atoms with Gasteiger partial charge in [-0.05, 0) is 18.3 Å². The Hall–Kier alpha value is -1.67. The molecule has 0 spiro atoms. The quantitative estimate of drug-likeness (QED) is 0.477. The molecule has 5 heteroatoms. The van der Waals surface area contributed by atoms with E-state index in [0.29, 0.717) is 10.6 Å². The molecule has 0 saturated heterocycles. The van der Waals surface area contributed by atoms with E-state index in [1.54, 1.807) is 12.3 Å². The molecule has 2 aromatic rings. The summed E-state index contributed by atoms with van der Waals surface area (Å²) >= 11 is 4.88. The molecule has 2 heterocycles. The number of aromatic amines is 2. The summed E-state index contributed by atoms with van der Waals surface area (Å²) in [7, 11) is 0. The summed E-state index contributed by atoms with van der Waals surface area (Å²) in [4.78, 5) is 12.9. The van der Waals surface area contributed by atoms with Gasteiger partial charge in [0, 0.05) is 0 Å². The Kier molecular flexibility index (Phi) is 1.42. The van der Waals surface area contributed by atoms with Gasteiger partial charge < -0.3 is 14.8 Å². The molecule has 0 bridgehead atoms. The molecular formula is C7H4N4S. The Morgan fingerprint density at radius 1 is 1.42 bits per heavy atom. The zero-order valence-electron chi connectivity index (χ0n) is 5.96. The number of nitrogens with zero attached hydrogens (tertiary/aromatic N) is 2. The van der Waals surface area contributed by atoms with Crippen molar-refractivity contribution in [3.05, 3.63) is 28.5 Å². The van der Waals surface area contributed by atoms with Crippen LogP contribution in [0.4, 0.5) is 5.82 Å². The molecule has 58 valence electrons. The first-order chi connectivity index (χ1) is 5.79. The standard InChI is InChI=1S/C7H4N4S/c1-8-6-2-4-5(3-9-6)11-7(12)10-4/h2-3H,(H2,10,11,12). The number of hydrogen-bond donors (Lipinski definition) is 2. The molecule has 0 fully saturated rings. The predicted octanol–water partition coefficient (Wildman–Crippen LogP) is 2.17. The maximum absolute atomic E-state index is 6.74. The Labute approximate surface area is 73.1 Å². The van der Waals surface area contributed by atoms with E-state index in [9.17, 15) is 0 Å². The van der Waals surface area contributed by atoms with Crippen LogP contribution in [0.15, 0.2) is 12.3 Å². The summed E-state index contributed by atoms with van der Waals surface area (Å²) in [5.74, 6) is 0.368. The normalized spacial score (nSPS) is 9.92. The van der Waals surface area contributed by atoms with E-state index < -0.39 is 0 Å². The lowest BCUT2D eigenvalue weighted by atomic mass is 10.4. The van der Waals surface area contributed by atoms with Crippen molar-refractivity contribution in [3.63, 3.8) is 0 Å². The third-order valence-corrected chi connectivity index (χ3v) is 1.70. The Morgan fingerprint density at radius 2 is 2.17 bits per heavy atom. The number of rotatable bonds is 0. The molecule has 2 N–H and O–H groups in total. The second kappa shape index (κ2) is 2.43. The molecule has 0 saturated carbocycles. The number of H-pyrrole nitrogens is 2. The zero-order chi connectivity index (χ0) is 8.55. The topological polar surface area (TPSA) is 48.8 Å². The van der Waals surface area contributed by atoms with Crippen LogP contribution in [0.5, 0.6) is 0 Å². The van der Waals surface area contributed by atoms with Gasteiger partial charge in [-0.3, -0.25) is 0 Å². The fourth-order valence-electron chi connectivity index (χ4n) is 0.984. The Morgan fingerprint density at radius 3 is 2.92 bits per heavy atom. The first kappa shape index (κ1) is 7.00. The first-order valence-corrected chi connectivity index (χ1v) is 3.66. The fraction of sp³-hybridized carbons (Fsp3) is 0. The summed E-state index contributed by atoms with van der Waals surface area (Å²) in [6, 6.07) is 1.66. The lowest BCUT2D eigenvalue weighted by Gasteiger charge is -1.86. The molecule has 2 rings (SSSR count). The summed E-state index contributed by atoms with van der Waals surface area (Å²) in [5, 5.41) is 0. The summed E-state index contributed by atoms with van der Waals surface area (Å²) in [6.07, 6.45) is 1.59. The minimum absolute atomic E-state index is 0.368. The van der Waals surface area contributed by atoms with Crippen molar-refractivity contribution in [2.75, 3.05) is 0 Å². The van der Waals surface area contributed by atoms with Gasteiger partial charge in [-0.15, -0.1) is 4.98 Å². The van der Waals surface area contributed by atoms with Gasteiger partial charge in [0.2, 0.25) is 0 Å².